The minimum atomic E-state index is -1.01. The van der Waals surface area contributed by atoms with E-state index in [0.29, 0.717) is 48.7 Å². The largest absolute Gasteiger partial charge is 0.507 e. The molecule has 2 atom stereocenters. The molecule has 2 aromatic heterocycles. The van der Waals surface area contributed by atoms with Crippen LogP contribution in [0.1, 0.15) is 69.8 Å². The third-order valence-electron chi connectivity index (χ3n) is 9.56. The van der Waals surface area contributed by atoms with E-state index in [-0.39, 0.29) is 63.5 Å². The van der Waals surface area contributed by atoms with Crippen molar-refractivity contribution >= 4 is 28.3 Å². The van der Waals surface area contributed by atoms with E-state index in [4.69, 9.17) is 0 Å². The number of benzene rings is 2. The number of aryl methyl sites for hydroxylation is 1. The molecule has 2 aromatic carbocycles. The maximum Gasteiger partial charge on any atom is 0.354 e. The van der Waals surface area contributed by atoms with Gasteiger partial charge in [0.2, 0.25) is 5.91 Å². The van der Waals surface area contributed by atoms with Crippen molar-refractivity contribution in [3.05, 3.63) is 76.3 Å². The zero-order valence-corrected chi connectivity index (χ0v) is 28.4. The highest BCUT2D eigenvalue weighted by Crippen LogP contribution is 2.48. The van der Waals surface area contributed by atoms with E-state index in [9.17, 15) is 14.7 Å². The monoisotopic (exact) mass is 657 g/mol. The molecule has 1 N–H and O–H groups in total. The number of anilines is 2. The second kappa shape index (κ2) is 12.3. The number of aromatic hydroxyl groups is 1. The topological polar surface area (TPSA) is 108 Å². The highest BCUT2D eigenvalue weighted by Gasteiger charge is 2.41. The van der Waals surface area contributed by atoms with Gasteiger partial charge in [-0.25, -0.2) is 23.5 Å². The van der Waals surface area contributed by atoms with Gasteiger partial charge in [-0.2, -0.15) is 4.98 Å². The predicted molar refractivity (Wildman–Crippen MR) is 183 cm³/mol. The molecule has 1 fully saturated rings. The molecule has 1 amide bonds. The molecule has 0 bridgehead atoms. The maximum absolute atomic E-state index is 17.7. The number of carbonyl (C=O) groups excluding carboxylic acids is 1. The lowest BCUT2D eigenvalue weighted by Gasteiger charge is -2.48. The fourth-order valence-corrected chi connectivity index (χ4v) is 7.37. The Hall–Kier alpha value is -4.87. The average molecular weight is 658 g/mol. The molecule has 0 aliphatic carbocycles. The minimum absolute atomic E-state index is 0.00116. The lowest BCUT2D eigenvalue weighted by Crippen LogP contribution is -2.60. The second-order valence-electron chi connectivity index (χ2n) is 13.5. The van der Waals surface area contributed by atoms with Gasteiger partial charge < -0.3 is 19.8 Å². The predicted octanol–water partition coefficient (Wildman–Crippen LogP) is 5.81. The van der Waals surface area contributed by atoms with Crippen LogP contribution in [0.5, 0.6) is 5.75 Å². The zero-order chi connectivity index (χ0) is 34.8. The van der Waals surface area contributed by atoms with Gasteiger partial charge in [0.15, 0.2) is 11.6 Å². The van der Waals surface area contributed by atoms with Crippen molar-refractivity contribution in [2.45, 2.75) is 71.9 Å². The smallest absolute Gasteiger partial charge is 0.354 e. The van der Waals surface area contributed by atoms with Gasteiger partial charge in [0.1, 0.15) is 23.4 Å². The van der Waals surface area contributed by atoms with Crippen LogP contribution in [0, 0.1) is 18.6 Å². The van der Waals surface area contributed by atoms with Gasteiger partial charge in [0.25, 0.3) is 0 Å². The molecule has 12 heteroatoms. The summed E-state index contributed by atoms with van der Waals surface area (Å²) in [7, 11) is 1.72. The van der Waals surface area contributed by atoms with Crippen LogP contribution in [0.25, 0.3) is 27.7 Å². The molecule has 1 saturated heterocycles. The quantitative estimate of drug-likeness (QED) is 0.268. The van der Waals surface area contributed by atoms with E-state index >= 15 is 8.78 Å². The van der Waals surface area contributed by atoms with Gasteiger partial charge in [-0.1, -0.05) is 46.4 Å². The van der Waals surface area contributed by atoms with Crippen LogP contribution in [0.4, 0.5) is 20.3 Å². The van der Waals surface area contributed by atoms with Gasteiger partial charge >= 0.3 is 5.69 Å². The maximum atomic E-state index is 17.7. The number of rotatable bonds is 5. The van der Waals surface area contributed by atoms with Crippen LogP contribution in [-0.2, 0) is 4.79 Å². The third-order valence-corrected chi connectivity index (χ3v) is 9.56. The van der Waals surface area contributed by atoms with E-state index in [1.54, 1.807) is 35.9 Å². The molecule has 0 radical (unpaired) electrons. The normalized spacial score (nSPS) is 17.9. The second-order valence-corrected chi connectivity index (χ2v) is 13.5. The van der Waals surface area contributed by atoms with E-state index in [2.05, 4.69) is 21.5 Å². The van der Waals surface area contributed by atoms with Gasteiger partial charge in [0.05, 0.1) is 39.8 Å². The fourth-order valence-electron chi connectivity index (χ4n) is 7.37. The number of hydrogen-bond donors (Lipinski definition) is 1. The first-order valence-corrected chi connectivity index (χ1v) is 16.3. The van der Waals surface area contributed by atoms with Crippen LogP contribution in [0.3, 0.4) is 0 Å². The van der Waals surface area contributed by atoms with Gasteiger partial charge in [0, 0.05) is 38.3 Å². The summed E-state index contributed by atoms with van der Waals surface area (Å²) in [5.74, 6) is -2.62. The fraction of sp³-hybridized carbons (Fsp3) is 0.417. The zero-order valence-electron chi connectivity index (χ0n) is 28.4. The van der Waals surface area contributed by atoms with E-state index in [1.165, 1.54) is 23.0 Å². The first-order valence-electron chi connectivity index (χ1n) is 16.3. The Labute approximate surface area is 278 Å². The first-order chi connectivity index (χ1) is 22.8. The Morgan fingerprint density at radius 1 is 1.04 bits per heavy atom. The number of phenols is 1. The highest BCUT2D eigenvalue weighted by atomic mass is 19.1. The Kier molecular flexibility index (Phi) is 8.47. The minimum Gasteiger partial charge on any atom is -0.507 e. The van der Waals surface area contributed by atoms with Crippen molar-refractivity contribution in [1.29, 1.82) is 0 Å². The summed E-state index contributed by atoms with van der Waals surface area (Å²) < 4.78 is 36.2. The summed E-state index contributed by atoms with van der Waals surface area (Å²) in [6, 6.07) is 4.02. The van der Waals surface area contributed by atoms with Crippen molar-refractivity contribution in [3.63, 3.8) is 0 Å². The molecule has 252 valence electrons. The highest BCUT2D eigenvalue weighted by molar-refractivity contribution is 6.05. The molecule has 0 saturated carbocycles. The van der Waals surface area contributed by atoms with Gasteiger partial charge in [-0.3, -0.25) is 9.36 Å². The number of aromatic nitrogens is 4. The number of nitrogens with zero attached hydrogens (tertiary/aromatic N) is 7. The summed E-state index contributed by atoms with van der Waals surface area (Å²) in [5.41, 5.74) is 0.462. The molecule has 48 heavy (non-hydrogen) atoms. The van der Waals surface area contributed by atoms with E-state index in [1.807, 2.05) is 39.5 Å². The van der Waals surface area contributed by atoms with Crippen molar-refractivity contribution in [2.75, 3.05) is 36.5 Å². The summed E-state index contributed by atoms with van der Waals surface area (Å²) in [6.45, 7) is 15.9. The SMILES string of the molecule is C=CC(=O)N1CC(C)N2c3nc(=O)n(-c4c(C(C)C)ncnc4C(C)C)c4c(F)c(-c5c(C)cccc5O)c(F)c(c34)N(C)CCC2C1. The van der Waals surface area contributed by atoms with Gasteiger partial charge in [-0.05, 0) is 49.8 Å². The van der Waals surface area contributed by atoms with Crippen molar-refractivity contribution in [2.24, 2.45) is 0 Å². The average Bonchev–Trinajstić information content (AvgIpc) is 3.03. The number of halogens is 2. The lowest BCUT2D eigenvalue weighted by atomic mass is 9.93. The third kappa shape index (κ3) is 5.09. The summed E-state index contributed by atoms with van der Waals surface area (Å²) >= 11 is 0. The molecule has 6 rings (SSSR count). The standard InChI is InChI=1S/C36H41F2N7O3/c1-9-24(47)43-15-21(7)44-22(16-43)13-14-42(8)32-27-33(29(38)26(28(32)37)25-20(6)11-10-12-23(25)46)45(36(48)41-35(27)44)34-30(18(2)3)39-17-40-31(34)19(4)5/h9-12,17-19,21-22,46H,1,13-16H2,2-8H3. The number of piperazine rings is 1. The van der Waals surface area contributed by atoms with Crippen LogP contribution in [0.2, 0.25) is 0 Å². The van der Waals surface area contributed by atoms with Crippen LogP contribution in [0.15, 0.2) is 42.0 Å². The number of amides is 1. The van der Waals surface area contributed by atoms with Crippen LogP contribution >= 0.6 is 0 Å². The molecule has 0 spiro atoms. The molecule has 4 aromatic rings. The molecule has 2 unspecified atom stereocenters. The summed E-state index contributed by atoms with van der Waals surface area (Å²) in [5, 5.41) is 11.1. The lowest BCUT2D eigenvalue weighted by molar-refractivity contribution is -0.127. The van der Waals surface area contributed by atoms with Crippen molar-refractivity contribution < 1.29 is 18.7 Å². The van der Waals surface area contributed by atoms with Crippen LogP contribution < -0.4 is 15.5 Å². The number of fused-ring (bicyclic) bond motifs is 2. The molecule has 10 nitrogen and oxygen atoms in total. The molecule has 4 heterocycles. The molecule has 2 aliphatic rings. The number of carbonyl (C=O) groups is 1. The Balaban J connectivity index is 1.84. The first kappa shape index (κ1) is 33.0. The van der Waals surface area contributed by atoms with E-state index in [0.717, 1.165) is 0 Å². The van der Waals surface area contributed by atoms with Crippen molar-refractivity contribution in [1.82, 2.24) is 24.4 Å². The Morgan fingerprint density at radius 3 is 2.31 bits per heavy atom. The summed E-state index contributed by atoms with van der Waals surface area (Å²) in [6.07, 6.45) is 3.21. The van der Waals surface area contributed by atoms with Gasteiger partial charge in [-0.15, -0.1) is 0 Å². The number of hydrogen-bond acceptors (Lipinski definition) is 8. The molecular weight excluding hydrogens is 616 g/mol. The Bertz CT molecular complexity index is 1980. The molecule has 2 aliphatic heterocycles. The van der Waals surface area contributed by atoms with E-state index < -0.39 is 22.9 Å². The molecular formula is C36H41F2N7O3. The number of phenolic OH excluding ortho intramolecular Hbond substituents is 1. The van der Waals surface area contributed by atoms with Crippen molar-refractivity contribution in [3.8, 4) is 22.6 Å². The van der Waals surface area contributed by atoms with Crippen LogP contribution in [-0.4, -0.2) is 74.2 Å². The summed E-state index contributed by atoms with van der Waals surface area (Å²) in [4.78, 5) is 46.3. The Morgan fingerprint density at radius 2 is 1.71 bits per heavy atom.